The molecule has 0 saturated heterocycles. The molecule has 15 heavy (non-hydrogen) atoms. The van der Waals surface area contributed by atoms with Gasteiger partial charge in [0.05, 0.1) is 6.61 Å². The number of halogens is 3. The zero-order valence-corrected chi connectivity index (χ0v) is 8.76. The Balaban J connectivity index is 4.25. The van der Waals surface area contributed by atoms with Crippen molar-refractivity contribution >= 4 is 5.97 Å². The average Bonchev–Trinajstić information content (AvgIpc) is 2.10. The van der Waals surface area contributed by atoms with Crippen LogP contribution in [0.3, 0.4) is 0 Å². The van der Waals surface area contributed by atoms with Gasteiger partial charge in [-0.3, -0.25) is 0 Å². The molecule has 0 rings (SSSR count). The van der Waals surface area contributed by atoms with Crippen molar-refractivity contribution in [2.75, 3.05) is 13.2 Å². The summed E-state index contributed by atoms with van der Waals surface area (Å²) in [4.78, 5) is 10.9. The number of unbranched alkanes of at least 4 members (excludes halogenated alkanes) is 1. The van der Waals surface area contributed by atoms with Crippen molar-refractivity contribution in [1.82, 2.24) is 0 Å². The van der Waals surface area contributed by atoms with Crippen LogP contribution >= 0.6 is 0 Å². The third-order valence-corrected chi connectivity index (χ3v) is 1.58. The summed E-state index contributed by atoms with van der Waals surface area (Å²) in [6.45, 7) is 3.07. The Morgan fingerprint density at radius 2 is 1.93 bits per heavy atom. The van der Waals surface area contributed by atoms with Gasteiger partial charge in [0.15, 0.2) is 0 Å². The predicted molar refractivity (Wildman–Crippen MR) is 47.3 cm³/mol. The summed E-state index contributed by atoms with van der Waals surface area (Å²) in [7, 11) is 0. The smallest absolute Gasteiger partial charge is 0.425 e. The average molecular weight is 228 g/mol. The minimum absolute atomic E-state index is 0.0947. The number of carbonyl (C=O) groups is 1. The summed E-state index contributed by atoms with van der Waals surface area (Å²) >= 11 is 0. The number of hydrogen-bond acceptors (Lipinski definition) is 3. The van der Waals surface area contributed by atoms with Crippen molar-refractivity contribution in [3.63, 3.8) is 0 Å². The van der Waals surface area contributed by atoms with Crippen LogP contribution in [0.2, 0.25) is 0 Å². The SMILES string of the molecule is CCCCOC(C(=O)OCC)C(F)(F)F. The second-order valence-electron chi connectivity index (χ2n) is 2.90. The molecule has 0 bridgehead atoms. The van der Waals surface area contributed by atoms with E-state index in [1.807, 2.05) is 6.92 Å². The van der Waals surface area contributed by atoms with Crippen molar-refractivity contribution in [1.29, 1.82) is 0 Å². The minimum Gasteiger partial charge on any atom is -0.464 e. The molecule has 0 aromatic heterocycles. The summed E-state index contributed by atoms with van der Waals surface area (Å²) in [6, 6.07) is 0. The van der Waals surface area contributed by atoms with Gasteiger partial charge in [0, 0.05) is 6.61 Å². The highest BCUT2D eigenvalue weighted by Crippen LogP contribution is 2.24. The van der Waals surface area contributed by atoms with Gasteiger partial charge >= 0.3 is 12.1 Å². The number of alkyl halides is 3. The first-order chi connectivity index (χ1) is 6.93. The maximum absolute atomic E-state index is 12.3. The molecule has 0 amide bonds. The predicted octanol–water partition coefficient (Wildman–Crippen LogP) is 2.30. The van der Waals surface area contributed by atoms with E-state index in [0.717, 1.165) is 0 Å². The molecule has 3 nitrogen and oxygen atoms in total. The first kappa shape index (κ1) is 14.2. The molecule has 0 fully saturated rings. The molecule has 0 spiro atoms. The van der Waals surface area contributed by atoms with Gasteiger partial charge in [-0.25, -0.2) is 4.79 Å². The first-order valence-corrected chi connectivity index (χ1v) is 4.78. The van der Waals surface area contributed by atoms with Gasteiger partial charge in [0.25, 0.3) is 6.10 Å². The van der Waals surface area contributed by atoms with E-state index in [1.54, 1.807) is 0 Å². The van der Waals surface area contributed by atoms with Crippen LogP contribution in [-0.2, 0) is 14.3 Å². The van der Waals surface area contributed by atoms with E-state index in [0.29, 0.717) is 12.8 Å². The molecular weight excluding hydrogens is 213 g/mol. The molecule has 90 valence electrons. The van der Waals surface area contributed by atoms with Crippen LogP contribution in [0.15, 0.2) is 0 Å². The molecule has 0 radical (unpaired) electrons. The number of ether oxygens (including phenoxy) is 2. The standard InChI is InChI=1S/C9H15F3O3/c1-3-5-6-15-7(9(10,11)12)8(13)14-4-2/h7H,3-6H2,1-2H3. The zero-order chi connectivity index (χ0) is 11.9. The molecule has 1 unspecified atom stereocenters. The highest BCUT2D eigenvalue weighted by atomic mass is 19.4. The molecule has 0 aromatic carbocycles. The van der Waals surface area contributed by atoms with Gasteiger partial charge in [0.1, 0.15) is 0 Å². The second-order valence-corrected chi connectivity index (χ2v) is 2.90. The Kier molecular flexibility index (Phi) is 6.31. The summed E-state index contributed by atoms with van der Waals surface area (Å²) in [6.07, 6.45) is -5.98. The van der Waals surface area contributed by atoms with Gasteiger partial charge in [-0.2, -0.15) is 13.2 Å². The summed E-state index contributed by atoms with van der Waals surface area (Å²) in [5.41, 5.74) is 0. The lowest BCUT2D eigenvalue weighted by atomic mass is 10.3. The fourth-order valence-electron chi connectivity index (χ4n) is 0.860. The number of carbonyl (C=O) groups excluding carboxylic acids is 1. The Morgan fingerprint density at radius 1 is 1.33 bits per heavy atom. The molecule has 0 saturated carbocycles. The zero-order valence-electron chi connectivity index (χ0n) is 8.76. The fraction of sp³-hybridized carbons (Fsp3) is 0.889. The summed E-state index contributed by atoms with van der Waals surface area (Å²) < 4.78 is 45.6. The Labute approximate surface area is 86.5 Å². The van der Waals surface area contributed by atoms with E-state index in [-0.39, 0.29) is 13.2 Å². The summed E-state index contributed by atoms with van der Waals surface area (Å²) in [5.74, 6) is -1.37. The molecule has 1 atom stereocenters. The molecule has 0 N–H and O–H groups in total. The van der Waals surface area contributed by atoms with Crippen LogP contribution in [0.4, 0.5) is 13.2 Å². The molecule has 0 aliphatic heterocycles. The van der Waals surface area contributed by atoms with Crippen LogP contribution < -0.4 is 0 Å². The van der Waals surface area contributed by atoms with E-state index >= 15 is 0 Å². The molecular formula is C9H15F3O3. The molecule has 0 aliphatic carbocycles. The van der Waals surface area contributed by atoms with E-state index in [2.05, 4.69) is 9.47 Å². The van der Waals surface area contributed by atoms with Crippen LogP contribution in [0.25, 0.3) is 0 Å². The molecule has 0 aromatic rings. The maximum atomic E-state index is 12.3. The number of rotatable bonds is 6. The van der Waals surface area contributed by atoms with Crippen LogP contribution in [-0.4, -0.2) is 31.5 Å². The largest absolute Gasteiger partial charge is 0.464 e. The van der Waals surface area contributed by atoms with Crippen molar-refractivity contribution in [3.8, 4) is 0 Å². The monoisotopic (exact) mass is 228 g/mol. The Morgan fingerprint density at radius 3 is 2.33 bits per heavy atom. The van der Waals surface area contributed by atoms with Crippen molar-refractivity contribution < 1.29 is 27.4 Å². The van der Waals surface area contributed by atoms with Gasteiger partial charge in [-0.15, -0.1) is 0 Å². The lowest BCUT2D eigenvalue weighted by molar-refractivity contribution is -0.230. The lowest BCUT2D eigenvalue weighted by Gasteiger charge is -2.18. The quantitative estimate of drug-likeness (QED) is 0.517. The number of esters is 1. The maximum Gasteiger partial charge on any atom is 0.425 e. The van der Waals surface area contributed by atoms with E-state index in [9.17, 15) is 18.0 Å². The number of hydrogen-bond donors (Lipinski definition) is 0. The third-order valence-electron chi connectivity index (χ3n) is 1.58. The topological polar surface area (TPSA) is 35.5 Å². The fourth-order valence-corrected chi connectivity index (χ4v) is 0.860. The molecule has 0 aliphatic rings. The van der Waals surface area contributed by atoms with Gasteiger partial charge in [-0.05, 0) is 13.3 Å². The van der Waals surface area contributed by atoms with E-state index in [4.69, 9.17) is 0 Å². The van der Waals surface area contributed by atoms with Crippen molar-refractivity contribution in [2.24, 2.45) is 0 Å². The first-order valence-electron chi connectivity index (χ1n) is 4.78. The summed E-state index contributed by atoms with van der Waals surface area (Å²) in [5, 5.41) is 0. The molecule has 0 heterocycles. The Hall–Kier alpha value is -0.780. The Bertz CT molecular complexity index is 192. The minimum atomic E-state index is -4.71. The van der Waals surface area contributed by atoms with Crippen LogP contribution in [0.5, 0.6) is 0 Å². The van der Waals surface area contributed by atoms with Crippen LogP contribution in [0.1, 0.15) is 26.7 Å². The van der Waals surface area contributed by atoms with Crippen molar-refractivity contribution in [3.05, 3.63) is 0 Å². The third kappa shape index (κ3) is 5.61. The van der Waals surface area contributed by atoms with E-state index < -0.39 is 18.2 Å². The molecule has 6 heteroatoms. The van der Waals surface area contributed by atoms with Gasteiger partial charge < -0.3 is 9.47 Å². The van der Waals surface area contributed by atoms with E-state index in [1.165, 1.54) is 6.92 Å². The highest BCUT2D eigenvalue weighted by Gasteiger charge is 2.47. The normalized spacial score (nSPS) is 13.7. The van der Waals surface area contributed by atoms with Gasteiger partial charge in [-0.1, -0.05) is 13.3 Å². The highest BCUT2D eigenvalue weighted by molar-refractivity contribution is 5.75. The van der Waals surface area contributed by atoms with Crippen LogP contribution in [0, 0.1) is 0 Å². The van der Waals surface area contributed by atoms with Gasteiger partial charge in [0.2, 0.25) is 0 Å². The second kappa shape index (κ2) is 6.66. The lowest BCUT2D eigenvalue weighted by Crippen LogP contribution is -2.40. The van der Waals surface area contributed by atoms with Crippen molar-refractivity contribution in [2.45, 2.75) is 39.0 Å².